The summed E-state index contributed by atoms with van der Waals surface area (Å²) >= 11 is 0. The maximum absolute atomic E-state index is 12.6. The number of nitrogens with two attached hydrogens (primary N) is 1. The van der Waals surface area contributed by atoms with Crippen LogP contribution < -0.4 is 10.5 Å². The molecule has 30 heavy (non-hydrogen) atoms. The van der Waals surface area contributed by atoms with Crippen LogP contribution in [0.4, 0.5) is 0 Å². The second kappa shape index (κ2) is 8.39. The Kier molecular flexibility index (Phi) is 5.50. The maximum atomic E-state index is 12.6. The fraction of sp³-hybridized carbons (Fsp3) is 0.167. The number of carbonyl (C=O) groups is 2. The van der Waals surface area contributed by atoms with Gasteiger partial charge in [0, 0.05) is 5.92 Å². The number of carboxylic acids is 1. The molecule has 0 spiro atoms. The summed E-state index contributed by atoms with van der Waals surface area (Å²) in [4.78, 5) is 23.1. The Morgan fingerprint density at radius 2 is 1.47 bits per heavy atom. The molecule has 0 aliphatic heterocycles. The predicted molar refractivity (Wildman–Crippen MR) is 111 cm³/mol. The normalized spacial score (nSPS) is 13.2. The van der Waals surface area contributed by atoms with E-state index in [-0.39, 0.29) is 12.5 Å². The van der Waals surface area contributed by atoms with Crippen molar-refractivity contribution in [1.82, 2.24) is 0 Å². The van der Waals surface area contributed by atoms with Gasteiger partial charge in [-0.2, -0.15) is 0 Å². The number of hydrogen-bond donors (Lipinski definition) is 2. The minimum absolute atomic E-state index is 0.0275. The Morgan fingerprint density at radius 3 is 2.03 bits per heavy atom. The topological polar surface area (TPSA) is 98.9 Å². The van der Waals surface area contributed by atoms with Crippen LogP contribution in [0.3, 0.4) is 0 Å². The van der Waals surface area contributed by atoms with Crippen molar-refractivity contribution >= 4 is 11.9 Å². The van der Waals surface area contributed by atoms with E-state index in [4.69, 9.17) is 20.3 Å². The van der Waals surface area contributed by atoms with Gasteiger partial charge < -0.3 is 20.3 Å². The van der Waals surface area contributed by atoms with Gasteiger partial charge in [0.05, 0.1) is 0 Å². The molecule has 4 rings (SSSR count). The second-order valence-corrected chi connectivity index (χ2v) is 7.09. The van der Waals surface area contributed by atoms with Crippen molar-refractivity contribution < 1.29 is 24.2 Å². The lowest BCUT2D eigenvalue weighted by atomic mass is 9.98. The largest absolute Gasteiger partial charge is 0.482 e. The molecule has 1 unspecified atom stereocenters. The molecular weight excluding hydrogens is 382 g/mol. The first-order valence-corrected chi connectivity index (χ1v) is 9.59. The lowest BCUT2D eigenvalue weighted by Crippen LogP contribution is -2.25. The van der Waals surface area contributed by atoms with Crippen molar-refractivity contribution in [1.29, 1.82) is 0 Å². The maximum Gasteiger partial charge on any atom is 0.341 e. The van der Waals surface area contributed by atoms with E-state index in [1.807, 2.05) is 24.3 Å². The van der Waals surface area contributed by atoms with Gasteiger partial charge in [0.25, 0.3) is 0 Å². The molecular formula is C24H21NO5. The van der Waals surface area contributed by atoms with E-state index in [0.29, 0.717) is 11.3 Å². The highest BCUT2D eigenvalue weighted by Gasteiger charge is 2.29. The molecule has 0 bridgehead atoms. The van der Waals surface area contributed by atoms with E-state index in [2.05, 4.69) is 24.3 Å². The van der Waals surface area contributed by atoms with E-state index < -0.39 is 24.6 Å². The number of hydrogen-bond acceptors (Lipinski definition) is 5. The van der Waals surface area contributed by atoms with Crippen LogP contribution in [0.2, 0.25) is 0 Å². The first-order valence-electron chi connectivity index (χ1n) is 9.59. The third kappa shape index (κ3) is 3.90. The molecule has 3 aromatic carbocycles. The molecule has 3 N–H and O–H groups in total. The second-order valence-electron chi connectivity index (χ2n) is 7.09. The molecule has 0 saturated heterocycles. The number of carboxylic acid groups (broad SMARTS) is 1. The van der Waals surface area contributed by atoms with E-state index in [1.54, 1.807) is 24.3 Å². The smallest absolute Gasteiger partial charge is 0.341 e. The molecule has 6 nitrogen and oxygen atoms in total. The minimum Gasteiger partial charge on any atom is -0.482 e. The van der Waals surface area contributed by atoms with Gasteiger partial charge >= 0.3 is 11.9 Å². The number of carbonyl (C=O) groups excluding carboxylic acids is 1. The van der Waals surface area contributed by atoms with Crippen LogP contribution in [-0.2, 0) is 14.3 Å². The van der Waals surface area contributed by atoms with E-state index in [1.165, 1.54) is 0 Å². The highest BCUT2D eigenvalue weighted by Crippen LogP contribution is 2.44. The van der Waals surface area contributed by atoms with Crippen LogP contribution in [0, 0.1) is 0 Å². The monoisotopic (exact) mass is 403 g/mol. The third-order valence-electron chi connectivity index (χ3n) is 5.21. The van der Waals surface area contributed by atoms with Crippen molar-refractivity contribution in [2.75, 3.05) is 13.2 Å². The summed E-state index contributed by atoms with van der Waals surface area (Å²) < 4.78 is 10.7. The van der Waals surface area contributed by atoms with Crippen molar-refractivity contribution in [2.45, 2.75) is 12.0 Å². The summed E-state index contributed by atoms with van der Waals surface area (Å²) in [6, 6.07) is 21.7. The predicted octanol–water partition coefficient (Wildman–Crippen LogP) is 3.51. The molecule has 1 aliphatic carbocycles. The Balaban J connectivity index is 1.43. The highest BCUT2D eigenvalue weighted by molar-refractivity contribution is 5.80. The fourth-order valence-electron chi connectivity index (χ4n) is 3.75. The summed E-state index contributed by atoms with van der Waals surface area (Å²) in [5, 5.41) is 8.66. The summed E-state index contributed by atoms with van der Waals surface area (Å²) in [6.45, 7) is -0.224. The number of rotatable bonds is 7. The highest BCUT2D eigenvalue weighted by atomic mass is 16.5. The standard InChI is InChI=1S/C24H21NO5/c25-23(15-9-11-16(12-10-15)29-14-22(26)27)24(28)30-13-21-19-7-3-1-5-17(19)18-6-2-4-8-20(18)21/h1-12,21,23H,13-14,25H2,(H,26,27). The van der Waals surface area contributed by atoms with Crippen LogP contribution >= 0.6 is 0 Å². The Labute approximate surface area is 173 Å². The fourth-order valence-corrected chi connectivity index (χ4v) is 3.75. The van der Waals surface area contributed by atoms with Crippen molar-refractivity contribution in [3.63, 3.8) is 0 Å². The van der Waals surface area contributed by atoms with Crippen molar-refractivity contribution in [2.24, 2.45) is 5.73 Å². The molecule has 6 heteroatoms. The molecule has 1 aliphatic rings. The first-order chi connectivity index (χ1) is 14.5. The first kappa shape index (κ1) is 19.7. The van der Waals surface area contributed by atoms with Crippen molar-refractivity contribution in [3.05, 3.63) is 89.5 Å². The van der Waals surface area contributed by atoms with Gasteiger partial charge in [-0.15, -0.1) is 0 Å². The Morgan fingerprint density at radius 1 is 0.900 bits per heavy atom. The van der Waals surface area contributed by atoms with Gasteiger partial charge in [-0.05, 0) is 39.9 Å². The SMILES string of the molecule is NC(C(=O)OCC1c2ccccc2-c2ccccc21)c1ccc(OCC(=O)O)cc1. The van der Waals surface area contributed by atoms with Gasteiger partial charge in [0.15, 0.2) is 6.61 Å². The molecule has 0 saturated carbocycles. The minimum atomic E-state index is -1.06. The van der Waals surface area contributed by atoms with Gasteiger partial charge in [-0.3, -0.25) is 0 Å². The zero-order chi connectivity index (χ0) is 21.1. The summed E-state index contributed by atoms with van der Waals surface area (Å²) in [7, 11) is 0. The van der Waals surface area contributed by atoms with Crippen molar-refractivity contribution in [3.8, 4) is 16.9 Å². The van der Waals surface area contributed by atoms with Gasteiger partial charge in [-0.1, -0.05) is 60.7 Å². The number of ether oxygens (including phenoxy) is 2. The molecule has 1 atom stereocenters. The average molecular weight is 403 g/mol. The lowest BCUT2D eigenvalue weighted by molar-refractivity contribution is -0.145. The number of esters is 1. The molecule has 0 fully saturated rings. The van der Waals surface area contributed by atoms with Gasteiger partial charge in [0.2, 0.25) is 0 Å². The third-order valence-corrected chi connectivity index (χ3v) is 5.21. The average Bonchev–Trinajstić information content (AvgIpc) is 3.09. The summed E-state index contributed by atoms with van der Waals surface area (Å²) in [5.41, 5.74) is 11.2. The van der Waals surface area contributed by atoms with Crippen LogP contribution in [-0.4, -0.2) is 30.3 Å². The zero-order valence-corrected chi connectivity index (χ0v) is 16.2. The molecule has 0 aromatic heterocycles. The van der Waals surface area contributed by atoms with Crippen LogP contribution in [0.25, 0.3) is 11.1 Å². The Bertz CT molecular complexity index is 1030. The van der Waals surface area contributed by atoms with Gasteiger partial charge in [-0.25, -0.2) is 9.59 Å². The van der Waals surface area contributed by atoms with Gasteiger partial charge in [0.1, 0.15) is 18.4 Å². The van der Waals surface area contributed by atoms with Crippen LogP contribution in [0.15, 0.2) is 72.8 Å². The number of aliphatic carboxylic acids is 1. The number of fused-ring (bicyclic) bond motifs is 3. The zero-order valence-electron chi connectivity index (χ0n) is 16.2. The quantitative estimate of drug-likeness (QED) is 0.586. The summed E-state index contributed by atoms with van der Waals surface area (Å²) in [5.74, 6) is -1.22. The molecule has 0 amide bonds. The van der Waals surface area contributed by atoms with E-state index >= 15 is 0 Å². The molecule has 152 valence electrons. The number of benzene rings is 3. The van der Waals surface area contributed by atoms with E-state index in [9.17, 15) is 9.59 Å². The molecule has 0 heterocycles. The van der Waals surface area contributed by atoms with E-state index in [0.717, 1.165) is 22.3 Å². The van der Waals surface area contributed by atoms with Crippen LogP contribution in [0.1, 0.15) is 28.7 Å². The molecule has 0 radical (unpaired) electrons. The lowest BCUT2D eigenvalue weighted by Gasteiger charge is -2.17. The molecule has 3 aromatic rings. The van der Waals surface area contributed by atoms with Crippen LogP contribution in [0.5, 0.6) is 5.75 Å². The summed E-state index contributed by atoms with van der Waals surface area (Å²) in [6.07, 6.45) is 0. The Hall–Kier alpha value is -3.64.